The lowest BCUT2D eigenvalue weighted by atomic mass is 9.86. The molecular weight excluding hydrogens is 520 g/mol. The van der Waals surface area contributed by atoms with E-state index < -0.39 is 29.8 Å². The number of aliphatic hydroxyl groups is 1. The Balaban J connectivity index is 1.56. The number of carbonyl (C=O) groups is 4. The number of thioether (sulfide) groups is 2. The second-order valence-corrected chi connectivity index (χ2v) is 13.6. The highest BCUT2D eigenvalue weighted by Crippen LogP contribution is 2.50. The van der Waals surface area contributed by atoms with E-state index in [1.165, 1.54) is 13.3 Å². The van der Waals surface area contributed by atoms with E-state index in [4.69, 9.17) is 0 Å². The molecule has 4 atom stereocenters. The van der Waals surface area contributed by atoms with Crippen LogP contribution in [0.2, 0.25) is 0 Å². The SMILES string of the molecule is CCCC(CC(=O)[C@@H]1CC2(CN1CC)SCCCS2)C(O)C(=O)CCC(=O)N[C@H](C(C)=O)c1ccccc1. The number of likely N-dealkylation sites (N-methyl/N-ethyl adjacent to an activating group) is 1. The van der Waals surface area contributed by atoms with E-state index in [1.54, 1.807) is 24.3 Å². The third-order valence-electron chi connectivity index (χ3n) is 7.53. The van der Waals surface area contributed by atoms with Gasteiger partial charge in [-0.2, -0.15) is 0 Å². The first kappa shape index (κ1) is 30.9. The Hall–Kier alpha value is -1.68. The van der Waals surface area contributed by atoms with Gasteiger partial charge in [-0.15, -0.1) is 23.5 Å². The molecule has 2 fully saturated rings. The molecule has 0 bridgehead atoms. The van der Waals surface area contributed by atoms with Crippen LogP contribution in [0.3, 0.4) is 0 Å². The Morgan fingerprint density at radius 2 is 1.79 bits per heavy atom. The van der Waals surface area contributed by atoms with Crippen molar-refractivity contribution in [1.29, 1.82) is 0 Å². The number of carbonyl (C=O) groups excluding carboxylic acids is 4. The predicted molar refractivity (Wildman–Crippen MR) is 154 cm³/mol. The molecule has 2 unspecified atom stereocenters. The van der Waals surface area contributed by atoms with Crippen LogP contribution in [0.1, 0.15) is 77.3 Å². The number of Topliss-reactive ketones (excluding diaryl/α,β-unsaturated/α-hetero) is 3. The van der Waals surface area contributed by atoms with Crippen molar-refractivity contribution in [2.24, 2.45) is 5.92 Å². The molecule has 0 radical (unpaired) electrons. The molecule has 0 aliphatic carbocycles. The Kier molecular flexibility index (Phi) is 11.9. The van der Waals surface area contributed by atoms with Crippen molar-refractivity contribution in [3.8, 4) is 0 Å². The number of ketones is 3. The lowest BCUT2D eigenvalue weighted by Gasteiger charge is -2.31. The van der Waals surface area contributed by atoms with Gasteiger partial charge in [0, 0.05) is 25.8 Å². The summed E-state index contributed by atoms with van der Waals surface area (Å²) in [5.41, 5.74) is 0.682. The molecule has 0 aromatic heterocycles. The summed E-state index contributed by atoms with van der Waals surface area (Å²) in [6.07, 6.45) is 1.96. The summed E-state index contributed by atoms with van der Waals surface area (Å²) in [6, 6.07) is 8.02. The highest BCUT2D eigenvalue weighted by molar-refractivity contribution is 8.18. The molecule has 1 aromatic carbocycles. The van der Waals surface area contributed by atoms with Gasteiger partial charge in [-0.05, 0) is 55.7 Å². The van der Waals surface area contributed by atoms with Crippen molar-refractivity contribution in [1.82, 2.24) is 10.2 Å². The van der Waals surface area contributed by atoms with Crippen molar-refractivity contribution in [2.75, 3.05) is 24.6 Å². The van der Waals surface area contributed by atoms with Gasteiger partial charge < -0.3 is 10.4 Å². The molecular formula is C29H42N2O5S2. The van der Waals surface area contributed by atoms with Crippen LogP contribution in [0.25, 0.3) is 0 Å². The van der Waals surface area contributed by atoms with Gasteiger partial charge in [-0.1, -0.05) is 50.6 Å². The maximum Gasteiger partial charge on any atom is 0.221 e. The maximum atomic E-state index is 13.5. The van der Waals surface area contributed by atoms with Crippen molar-refractivity contribution in [2.45, 2.75) is 88.0 Å². The second-order valence-electron chi connectivity index (χ2n) is 10.4. The molecule has 1 amide bonds. The molecule has 7 nitrogen and oxygen atoms in total. The molecule has 0 saturated carbocycles. The minimum absolute atomic E-state index is 0.0775. The summed E-state index contributed by atoms with van der Waals surface area (Å²) >= 11 is 3.95. The molecule has 3 rings (SSSR count). The first-order valence-electron chi connectivity index (χ1n) is 13.8. The standard InChI is InChI=1S/C29H42N2O5S2/c1-4-10-22(17-25(34)23-18-29(19-31(23)5-2)37-15-9-16-38-29)28(36)24(33)13-14-26(35)30-27(20(3)32)21-11-7-6-8-12-21/h6-8,11-12,22-23,27-28,36H,4-5,9-10,13-19H2,1-3H3,(H,30,35)/t22?,23-,27+,28?/m0/s1. The van der Waals surface area contributed by atoms with Crippen LogP contribution >= 0.6 is 23.5 Å². The summed E-state index contributed by atoms with van der Waals surface area (Å²) in [5.74, 6) is 0.850. The fourth-order valence-electron chi connectivity index (χ4n) is 5.47. The van der Waals surface area contributed by atoms with Gasteiger partial charge in [0.05, 0.1) is 10.1 Å². The van der Waals surface area contributed by atoms with Gasteiger partial charge in [0.25, 0.3) is 0 Å². The minimum atomic E-state index is -1.28. The Morgan fingerprint density at radius 1 is 1.11 bits per heavy atom. The van der Waals surface area contributed by atoms with Crippen molar-refractivity contribution >= 4 is 46.8 Å². The predicted octanol–water partition coefficient (Wildman–Crippen LogP) is 4.18. The Labute approximate surface area is 235 Å². The van der Waals surface area contributed by atoms with Crippen LogP contribution in [0.5, 0.6) is 0 Å². The number of nitrogens with zero attached hydrogens (tertiary/aromatic N) is 1. The van der Waals surface area contributed by atoms with Gasteiger partial charge in [-0.25, -0.2) is 0 Å². The highest BCUT2D eigenvalue weighted by Gasteiger charge is 2.48. The van der Waals surface area contributed by atoms with Crippen LogP contribution in [0.15, 0.2) is 30.3 Å². The molecule has 2 saturated heterocycles. The zero-order chi connectivity index (χ0) is 27.7. The quantitative estimate of drug-likeness (QED) is 0.348. The van der Waals surface area contributed by atoms with Crippen LogP contribution in [0.4, 0.5) is 0 Å². The normalized spacial score (nSPS) is 21.5. The van der Waals surface area contributed by atoms with Crippen molar-refractivity contribution in [3.63, 3.8) is 0 Å². The van der Waals surface area contributed by atoms with Gasteiger partial charge in [0.2, 0.25) is 5.91 Å². The third kappa shape index (κ3) is 8.16. The maximum absolute atomic E-state index is 13.5. The molecule has 210 valence electrons. The third-order valence-corrected chi connectivity index (χ3v) is 10.9. The van der Waals surface area contributed by atoms with Crippen LogP contribution in [0, 0.1) is 5.92 Å². The van der Waals surface area contributed by atoms with Crippen LogP contribution in [-0.2, 0) is 19.2 Å². The molecule has 2 aliphatic rings. The number of hydrogen-bond donors (Lipinski definition) is 2. The summed E-state index contributed by atoms with van der Waals surface area (Å²) < 4.78 is 0.0775. The van der Waals surface area contributed by atoms with Crippen molar-refractivity contribution in [3.05, 3.63) is 35.9 Å². The second kappa shape index (κ2) is 14.6. The lowest BCUT2D eigenvalue weighted by Crippen LogP contribution is -2.39. The summed E-state index contributed by atoms with van der Waals surface area (Å²) in [5, 5.41) is 13.6. The summed E-state index contributed by atoms with van der Waals surface area (Å²) in [6.45, 7) is 7.18. The van der Waals surface area contributed by atoms with Crippen LogP contribution < -0.4 is 5.32 Å². The average Bonchev–Trinajstić information content (AvgIpc) is 3.28. The fourth-order valence-corrected chi connectivity index (χ4v) is 8.87. The number of hydrogen-bond acceptors (Lipinski definition) is 8. The lowest BCUT2D eigenvalue weighted by molar-refractivity contribution is -0.134. The first-order valence-corrected chi connectivity index (χ1v) is 15.8. The summed E-state index contributed by atoms with van der Waals surface area (Å²) in [4.78, 5) is 53.3. The number of aliphatic hydroxyl groups excluding tert-OH is 1. The van der Waals surface area contributed by atoms with E-state index in [1.807, 2.05) is 36.5 Å². The van der Waals surface area contributed by atoms with E-state index in [0.717, 1.165) is 37.4 Å². The fraction of sp³-hybridized carbons (Fsp3) is 0.655. The Bertz CT molecular complexity index is 967. The van der Waals surface area contributed by atoms with Crippen molar-refractivity contribution < 1.29 is 24.3 Å². The molecule has 2 heterocycles. The molecule has 9 heteroatoms. The number of likely N-dealkylation sites (tertiary alicyclic amines) is 1. The zero-order valence-corrected chi connectivity index (χ0v) is 24.5. The number of benzene rings is 1. The van der Waals surface area contributed by atoms with E-state index in [2.05, 4.69) is 17.1 Å². The number of nitrogens with one attached hydrogen (secondary N) is 1. The van der Waals surface area contributed by atoms with E-state index in [9.17, 15) is 24.3 Å². The smallest absolute Gasteiger partial charge is 0.221 e. The van der Waals surface area contributed by atoms with E-state index in [0.29, 0.717) is 12.0 Å². The molecule has 2 N–H and O–H groups in total. The summed E-state index contributed by atoms with van der Waals surface area (Å²) in [7, 11) is 0. The monoisotopic (exact) mass is 562 g/mol. The minimum Gasteiger partial charge on any atom is -0.385 e. The Morgan fingerprint density at radius 3 is 2.39 bits per heavy atom. The zero-order valence-electron chi connectivity index (χ0n) is 22.8. The van der Waals surface area contributed by atoms with E-state index >= 15 is 0 Å². The molecule has 1 aromatic rings. The van der Waals surface area contributed by atoms with Gasteiger partial charge in [0.15, 0.2) is 11.6 Å². The number of amides is 1. The highest BCUT2D eigenvalue weighted by atomic mass is 32.2. The topological polar surface area (TPSA) is 104 Å². The first-order chi connectivity index (χ1) is 18.2. The van der Waals surface area contributed by atoms with Crippen LogP contribution in [-0.4, -0.2) is 74.1 Å². The molecule has 1 spiro atoms. The molecule has 2 aliphatic heterocycles. The van der Waals surface area contributed by atoms with Gasteiger partial charge in [-0.3, -0.25) is 24.1 Å². The molecule has 38 heavy (non-hydrogen) atoms. The average molecular weight is 563 g/mol. The van der Waals surface area contributed by atoms with E-state index in [-0.39, 0.29) is 40.9 Å². The van der Waals surface area contributed by atoms with Gasteiger partial charge in [0.1, 0.15) is 17.9 Å². The van der Waals surface area contributed by atoms with Gasteiger partial charge >= 0.3 is 0 Å². The largest absolute Gasteiger partial charge is 0.385 e. The number of rotatable bonds is 14.